The lowest BCUT2D eigenvalue weighted by Crippen LogP contribution is -2.41. The first-order chi connectivity index (χ1) is 9.39. The van der Waals surface area contributed by atoms with Gasteiger partial charge in [0.2, 0.25) is 5.91 Å². The van der Waals surface area contributed by atoms with Crippen molar-refractivity contribution in [3.63, 3.8) is 0 Å². The highest BCUT2D eigenvalue weighted by Gasteiger charge is 2.62. The van der Waals surface area contributed by atoms with Crippen molar-refractivity contribution in [2.24, 2.45) is 5.92 Å². The Hall–Kier alpha value is -1.76. The number of benzene rings is 1. The van der Waals surface area contributed by atoms with Crippen LogP contribution in [-0.2, 0) is 4.79 Å². The van der Waals surface area contributed by atoms with Gasteiger partial charge in [0.15, 0.2) is 0 Å². The summed E-state index contributed by atoms with van der Waals surface area (Å²) in [4.78, 5) is 12.1. The molecule has 4 nitrogen and oxygen atoms in total. The largest absolute Gasteiger partial charge is 0.573 e. The quantitative estimate of drug-likeness (QED) is 0.896. The molecular weight excluding hydrogens is 273 g/mol. The average molecular weight is 286 g/mol. The van der Waals surface area contributed by atoms with Crippen molar-refractivity contribution >= 4 is 11.6 Å². The number of hydrogen-bond acceptors (Lipinski definition) is 3. The minimum Gasteiger partial charge on any atom is -0.406 e. The van der Waals surface area contributed by atoms with Gasteiger partial charge in [0.05, 0.1) is 0 Å². The zero-order valence-electron chi connectivity index (χ0n) is 10.5. The van der Waals surface area contributed by atoms with E-state index in [1.165, 1.54) is 18.2 Å². The molecule has 0 radical (unpaired) electrons. The molecule has 2 unspecified atom stereocenters. The number of rotatable bonds is 3. The molecular formula is C13H13F3N2O2. The number of anilines is 1. The minimum atomic E-state index is -4.74. The molecule has 0 aromatic heterocycles. The molecule has 7 heteroatoms. The molecule has 2 fully saturated rings. The van der Waals surface area contributed by atoms with Crippen molar-refractivity contribution < 1.29 is 22.7 Å². The van der Waals surface area contributed by atoms with Gasteiger partial charge >= 0.3 is 6.36 Å². The fourth-order valence-corrected chi connectivity index (χ4v) is 2.74. The van der Waals surface area contributed by atoms with Crippen LogP contribution in [0.15, 0.2) is 24.3 Å². The van der Waals surface area contributed by atoms with E-state index in [9.17, 15) is 18.0 Å². The van der Waals surface area contributed by atoms with Gasteiger partial charge in [-0.05, 0) is 37.4 Å². The van der Waals surface area contributed by atoms with E-state index < -0.39 is 11.9 Å². The Morgan fingerprint density at radius 1 is 1.45 bits per heavy atom. The second kappa shape index (κ2) is 4.37. The molecule has 2 atom stereocenters. The highest BCUT2D eigenvalue weighted by molar-refractivity contribution is 6.01. The van der Waals surface area contributed by atoms with E-state index in [0.717, 1.165) is 25.5 Å². The number of halogens is 3. The van der Waals surface area contributed by atoms with Crippen molar-refractivity contribution in [1.82, 2.24) is 5.32 Å². The van der Waals surface area contributed by atoms with Crippen LogP contribution in [0.2, 0.25) is 0 Å². The van der Waals surface area contributed by atoms with E-state index >= 15 is 0 Å². The van der Waals surface area contributed by atoms with Crippen molar-refractivity contribution in [2.45, 2.75) is 24.7 Å². The molecule has 0 bridgehead atoms. The number of alkyl halides is 3. The summed E-state index contributed by atoms with van der Waals surface area (Å²) in [6.07, 6.45) is -2.99. The molecule has 3 rings (SSSR count). The lowest BCUT2D eigenvalue weighted by Gasteiger charge is -2.15. The van der Waals surface area contributed by atoms with Gasteiger partial charge in [0, 0.05) is 11.8 Å². The predicted octanol–water partition coefficient (Wildman–Crippen LogP) is 2.28. The highest BCUT2D eigenvalue weighted by Crippen LogP contribution is 2.50. The van der Waals surface area contributed by atoms with Crippen LogP contribution in [0.25, 0.3) is 0 Å². The third-order valence-electron chi connectivity index (χ3n) is 3.77. The fourth-order valence-electron chi connectivity index (χ4n) is 2.74. The predicted molar refractivity (Wildman–Crippen MR) is 65.2 cm³/mol. The van der Waals surface area contributed by atoms with Crippen LogP contribution in [0.1, 0.15) is 12.8 Å². The Balaban J connectivity index is 1.69. The number of piperidine rings is 1. The number of ether oxygens (including phenoxy) is 1. The molecule has 1 amide bonds. The standard InChI is InChI=1S/C13H13F3N2O2/c14-13(15,16)20-10-3-1-2-9(6-10)18-11(19)12-7-8(12)4-5-17-12/h1-3,6,8,17H,4-5,7H2,(H,18,19). The Kier molecular flexibility index (Phi) is 2.89. The van der Waals surface area contributed by atoms with Crippen LogP contribution in [-0.4, -0.2) is 24.4 Å². The first kappa shape index (κ1) is 13.2. The van der Waals surface area contributed by atoms with Gasteiger partial charge in [-0.3, -0.25) is 4.79 Å². The van der Waals surface area contributed by atoms with E-state index in [2.05, 4.69) is 15.4 Å². The fraction of sp³-hybridized carbons (Fsp3) is 0.462. The lowest BCUT2D eigenvalue weighted by atomic mass is 10.2. The molecule has 20 heavy (non-hydrogen) atoms. The van der Waals surface area contributed by atoms with Crippen LogP contribution in [0.3, 0.4) is 0 Å². The normalized spacial score (nSPS) is 27.9. The number of carbonyl (C=O) groups excluding carboxylic acids is 1. The topological polar surface area (TPSA) is 50.4 Å². The summed E-state index contributed by atoms with van der Waals surface area (Å²) in [5.74, 6) is -0.194. The van der Waals surface area contributed by atoms with Gasteiger partial charge in [0.1, 0.15) is 11.3 Å². The second-order valence-corrected chi connectivity index (χ2v) is 5.12. The molecule has 108 valence electrons. The first-order valence-corrected chi connectivity index (χ1v) is 6.31. The molecule has 0 spiro atoms. The van der Waals surface area contributed by atoms with Crippen molar-refractivity contribution in [2.75, 3.05) is 11.9 Å². The van der Waals surface area contributed by atoms with Crippen molar-refractivity contribution in [3.05, 3.63) is 24.3 Å². The summed E-state index contributed by atoms with van der Waals surface area (Å²) < 4.78 is 40.2. The average Bonchev–Trinajstić information content (AvgIpc) is 2.90. The SMILES string of the molecule is O=C(Nc1cccc(OC(F)(F)F)c1)C12CC1CCN2. The van der Waals surface area contributed by atoms with Crippen molar-refractivity contribution in [3.8, 4) is 5.75 Å². The van der Waals surface area contributed by atoms with Gasteiger partial charge in [-0.1, -0.05) is 6.07 Å². The number of fused-ring (bicyclic) bond motifs is 1. The monoisotopic (exact) mass is 286 g/mol. The summed E-state index contributed by atoms with van der Waals surface area (Å²) in [5.41, 5.74) is -0.216. The minimum absolute atomic E-state index is 0.191. The van der Waals surface area contributed by atoms with Gasteiger partial charge in [-0.2, -0.15) is 0 Å². The molecule has 1 aliphatic heterocycles. The van der Waals surface area contributed by atoms with E-state index in [1.54, 1.807) is 0 Å². The molecule has 1 aliphatic carbocycles. The summed E-state index contributed by atoms with van der Waals surface area (Å²) in [5, 5.41) is 5.80. The number of hydrogen-bond donors (Lipinski definition) is 2. The Morgan fingerprint density at radius 2 is 2.25 bits per heavy atom. The smallest absolute Gasteiger partial charge is 0.406 e. The number of carbonyl (C=O) groups is 1. The van der Waals surface area contributed by atoms with Crippen molar-refractivity contribution in [1.29, 1.82) is 0 Å². The van der Waals surface area contributed by atoms with Crippen LogP contribution in [0.4, 0.5) is 18.9 Å². The van der Waals surface area contributed by atoms with Gasteiger partial charge in [-0.15, -0.1) is 13.2 Å². The van der Waals surface area contributed by atoms with Gasteiger partial charge < -0.3 is 15.4 Å². The Bertz CT molecular complexity index is 547. The van der Waals surface area contributed by atoms with Crippen LogP contribution >= 0.6 is 0 Å². The maximum absolute atomic E-state index is 12.1. The maximum atomic E-state index is 12.1. The molecule has 2 N–H and O–H groups in total. The Labute approximate surface area is 113 Å². The molecule has 1 aromatic rings. The van der Waals surface area contributed by atoms with Crippen LogP contribution < -0.4 is 15.4 Å². The third-order valence-corrected chi connectivity index (χ3v) is 3.77. The van der Waals surface area contributed by atoms with Gasteiger partial charge in [0.25, 0.3) is 0 Å². The molecule has 1 heterocycles. The van der Waals surface area contributed by atoms with E-state index in [0.29, 0.717) is 11.6 Å². The second-order valence-electron chi connectivity index (χ2n) is 5.12. The first-order valence-electron chi connectivity index (χ1n) is 6.31. The number of amides is 1. The highest BCUT2D eigenvalue weighted by atomic mass is 19.4. The summed E-state index contributed by atoms with van der Waals surface area (Å²) in [7, 11) is 0. The molecule has 1 saturated heterocycles. The molecule has 2 aliphatic rings. The van der Waals surface area contributed by atoms with E-state index in [1.807, 2.05) is 0 Å². The zero-order chi connectivity index (χ0) is 14.4. The molecule has 1 saturated carbocycles. The van der Waals surface area contributed by atoms with Crippen LogP contribution in [0.5, 0.6) is 5.75 Å². The third kappa shape index (κ3) is 2.45. The Morgan fingerprint density at radius 3 is 2.85 bits per heavy atom. The summed E-state index contributed by atoms with van der Waals surface area (Å²) in [6, 6.07) is 5.29. The lowest BCUT2D eigenvalue weighted by molar-refractivity contribution is -0.274. The molecule has 1 aromatic carbocycles. The summed E-state index contributed by atoms with van der Waals surface area (Å²) >= 11 is 0. The van der Waals surface area contributed by atoms with E-state index in [4.69, 9.17) is 0 Å². The number of nitrogens with one attached hydrogen (secondary N) is 2. The van der Waals surface area contributed by atoms with E-state index in [-0.39, 0.29) is 11.7 Å². The summed E-state index contributed by atoms with van der Waals surface area (Å²) in [6.45, 7) is 0.801. The maximum Gasteiger partial charge on any atom is 0.573 e. The zero-order valence-corrected chi connectivity index (χ0v) is 10.5. The van der Waals surface area contributed by atoms with Gasteiger partial charge in [-0.25, -0.2) is 0 Å². The van der Waals surface area contributed by atoms with Crippen LogP contribution in [0, 0.1) is 5.92 Å².